The molecule has 0 aliphatic rings. The van der Waals surface area contributed by atoms with Crippen LogP contribution in [0, 0.1) is 11.7 Å². The average molecular weight is 493 g/mol. The molecule has 0 saturated heterocycles. The molecule has 31 heavy (non-hydrogen) atoms. The summed E-state index contributed by atoms with van der Waals surface area (Å²) in [6.45, 7) is 3.89. The molecule has 0 heterocycles. The van der Waals surface area contributed by atoms with Crippen LogP contribution in [-0.2, 0) is 14.4 Å². The van der Waals surface area contributed by atoms with Gasteiger partial charge in [0, 0.05) is 22.3 Å². The minimum absolute atomic E-state index is 0.210. The van der Waals surface area contributed by atoms with Crippen molar-refractivity contribution >= 4 is 45.6 Å². The summed E-state index contributed by atoms with van der Waals surface area (Å²) in [5.74, 6) is -1.98. The summed E-state index contributed by atoms with van der Waals surface area (Å²) in [5, 5.41) is 8.84. The Bertz CT molecular complexity index is 964. The second kappa shape index (κ2) is 11.8. The summed E-state index contributed by atoms with van der Waals surface area (Å²) in [4.78, 5) is 35.5. The lowest BCUT2D eigenvalue weighted by atomic mass is 10.2. The first kappa shape index (κ1) is 24.0. The number of carbonyl (C=O) groups excluding carboxylic acids is 3. The average Bonchev–Trinajstić information content (AvgIpc) is 2.73. The number of ether oxygens (including phenoxy) is 1. The fourth-order valence-corrected chi connectivity index (χ4v) is 2.59. The third-order valence-electron chi connectivity index (χ3n) is 3.71. The molecule has 0 aliphatic carbocycles. The number of hydrogen-bond donors (Lipinski definition) is 3. The Kier molecular flexibility index (Phi) is 9.13. The van der Waals surface area contributed by atoms with Crippen molar-refractivity contribution in [2.75, 3.05) is 18.5 Å². The Hall–Kier alpha value is -3.27. The number of carbonyl (C=O) groups is 3. The van der Waals surface area contributed by atoms with Crippen LogP contribution in [0.25, 0.3) is 0 Å². The van der Waals surface area contributed by atoms with Gasteiger partial charge in [-0.15, -0.1) is 0 Å². The number of benzene rings is 2. The number of hydrazone groups is 1. The summed E-state index contributed by atoms with van der Waals surface area (Å²) in [6.07, 6.45) is 1.30. The molecule has 2 aromatic rings. The van der Waals surface area contributed by atoms with E-state index in [2.05, 4.69) is 37.1 Å². The predicted molar refractivity (Wildman–Crippen MR) is 118 cm³/mol. The number of nitrogens with zero attached hydrogens (tertiary/aromatic N) is 1. The summed E-state index contributed by atoms with van der Waals surface area (Å²) in [6, 6.07) is 10.3. The minimum Gasteiger partial charge on any atom is -0.483 e. The van der Waals surface area contributed by atoms with Crippen molar-refractivity contribution < 1.29 is 23.5 Å². The maximum Gasteiger partial charge on any atom is 0.329 e. The number of anilines is 1. The van der Waals surface area contributed by atoms with Gasteiger partial charge in [0.1, 0.15) is 11.6 Å². The van der Waals surface area contributed by atoms with E-state index in [0.29, 0.717) is 23.5 Å². The molecule has 0 bridgehead atoms. The molecule has 0 fully saturated rings. The van der Waals surface area contributed by atoms with E-state index in [-0.39, 0.29) is 12.5 Å². The highest BCUT2D eigenvalue weighted by Crippen LogP contribution is 2.22. The number of nitrogens with one attached hydrogen (secondary N) is 3. The lowest BCUT2D eigenvalue weighted by Gasteiger charge is -2.10. The van der Waals surface area contributed by atoms with Crippen LogP contribution in [0.5, 0.6) is 5.75 Å². The summed E-state index contributed by atoms with van der Waals surface area (Å²) in [5.41, 5.74) is 3.04. The monoisotopic (exact) mass is 492 g/mol. The summed E-state index contributed by atoms with van der Waals surface area (Å²) in [7, 11) is 0. The Morgan fingerprint density at radius 1 is 1.13 bits per heavy atom. The van der Waals surface area contributed by atoms with Crippen molar-refractivity contribution in [3.05, 3.63) is 58.3 Å². The molecule has 8 nitrogen and oxygen atoms in total. The first-order valence-corrected chi connectivity index (χ1v) is 10.1. The zero-order valence-electron chi connectivity index (χ0n) is 16.9. The summed E-state index contributed by atoms with van der Waals surface area (Å²) < 4.78 is 19.2. The van der Waals surface area contributed by atoms with Crippen LogP contribution < -0.4 is 20.8 Å². The third-order valence-corrected chi connectivity index (χ3v) is 4.20. The van der Waals surface area contributed by atoms with E-state index in [9.17, 15) is 18.8 Å². The van der Waals surface area contributed by atoms with Crippen molar-refractivity contribution in [2.45, 2.75) is 13.8 Å². The van der Waals surface area contributed by atoms with Crippen molar-refractivity contribution in [3.63, 3.8) is 0 Å². The molecule has 0 radical (unpaired) electrons. The fourth-order valence-electron chi connectivity index (χ4n) is 2.21. The standard InChI is InChI=1S/C21H22BrFN4O4/c1-13(2)10-24-20(29)21(30)27-25-11-14-9-15(22)3-8-18(14)31-12-19(28)26-17-6-4-16(23)5-7-17/h3-9,11,13H,10,12H2,1-2H3,(H,24,29)(H,26,28)(H,27,30)/b25-11-. The second-order valence-corrected chi connectivity index (χ2v) is 7.74. The molecule has 2 rings (SSSR count). The molecule has 2 aromatic carbocycles. The first-order valence-electron chi connectivity index (χ1n) is 9.33. The van der Waals surface area contributed by atoms with Crippen LogP contribution in [0.2, 0.25) is 0 Å². The van der Waals surface area contributed by atoms with Crippen LogP contribution in [0.15, 0.2) is 52.0 Å². The van der Waals surface area contributed by atoms with E-state index in [1.807, 2.05) is 13.8 Å². The van der Waals surface area contributed by atoms with Gasteiger partial charge in [-0.3, -0.25) is 14.4 Å². The van der Waals surface area contributed by atoms with Gasteiger partial charge in [0.15, 0.2) is 6.61 Å². The predicted octanol–water partition coefficient (Wildman–Crippen LogP) is 2.83. The normalized spacial score (nSPS) is 10.7. The molecule has 164 valence electrons. The van der Waals surface area contributed by atoms with E-state index in [1.165, 1.54) is 30.5 Å². The van der Waals surface area contributed by atoms with Crippen LogP contribution >= 0.6 is 15.9 Å². The Balaban J connectivity index is 1.94. The lowest BCUT2D eigenvalue weighted by molar-refractivity contribution is -0.139. The van der Waals surface area contributed by atoms with Gasteiger partial charge >= 0.3 is 11.8 Å². The SMILES string of the molecule is CC(C)CNC(=O)C(=O)N/N=C\c1cc(Br)ccc1OCC(=O)Nc1ccc(F)cc1. The van der Waals surface area contributed by atoms with E-state index in [0.717, 1.165) is 4.47 Å². The number of hydrogen-bond acceptors (Lipinski definition) is 5. The molecule has 0 atom stereocenters. The molecule has 0 unspecified atom stereocenters. The highest BCUT2D eigenvalue weighted by molar-refractivity contribution is 9.10. The van der Waals surface area contributed by atoms with Crippen LogP contribution in [0.1, 0.15) is 19.4 Å². The second-order valence-electron chi connectivity index (χ2n) is 6.83. The van der Waals surface area contributed by atoms with E-state index < -0.39 is 23.5 Å². The van der Waals surface area contributed by atoms with Gasteiger partial charge in [-0.1, -0.05) is 29.8 Å². The quantitative estimate of drug-likeness (QED) is 0.299. The van der Waals surface area contributed by atoms with Crippen molar-refractivity contribution in [1.29, 1.82) is 0 Å². The van der Waals surface area contributed by atoms with E-state index in [4.69, 9.17) is 4.74 Å². The van der Waals surface area contributed by atoms with Gasteiger partial charge in [-0.2, -0.15) is 5.10 Å². The fraction of sp³-hybridized carbons (Fsp3) is 0.238. The van der Waals surface area contributed by atoms with Crippen LogP contribution in [0.4, 0.5) is 10.1 Å². The van der Waals surface area contributed by atoms with Gasteiger partial charge in [-0.25, -0.2) is 9.82 Å². The summed E-state index contributed by atoms with van der Waals surface area (Å²) >= 11 is 3.33. The Morgan fingerprint density at radius 3 is 2.52 bits per heavy atom. The number of halogens is 2. The van der Waals surface area contributed by atoms with E-state index in [1.54, 1.807) is 18.2 Å². The highest BCUT2D eigenvalue weighted by Gasteiger charge is 2.12. The molecule has 0 aromatic heterocycles. The number of rotatable bonds is 8. The van der Waals surface area contributed by atoms with Crippen molar-refractivity contribution in [1.82, 2.24) is 10.7 Å². The minimum atomic E-state index is -0.895. The largest absolute Gasteiger partial charge is 0.483 e. The van der Waals surface area contributed by atoms with Gasteiger partial charge in [0.25, 0.3) is 5.91 Å². The van der Waals surface area contributed by atoms with Crippen molar-refractivity contribution in [2.24, 2.45) is 11.0 Å². The van der Waals surface area contributed by atoms with E-state index >= 15 is 0 Å². The van der Waals surface area contributed by atoms with Gasteiger partial charge in [-0.05, 0) is 48.4 Å². The lowest BCUT2D eigenvalue weighted by Crippen LogP contribution is -2.39. The molecule has 3 amide bonds. The zero-order valence-corrected chi connectivity index (χ0v) is 18.5. The smallest absolute Gasteiger partial charge is 0.329 e. The van der Waals surface area contributed by atoms with Crippen LogP contribution in [0.3, 0.4) is 0 Å². The first-order chi connectivity index (χ1) is 14.7. The molecular weight excluding hydrogens is 471 g/mol. The maximum atomic E-state index is 12.9. The Labute approximate surface area is 187 Å². The zero-order chi connectivity index (χ0) is 22.8. The highest BCUT2D eigenvalue weighted by atomic mass is 79.9. The molecule has 0 saturated carbocycles. The third kappa shape index (κ3) is 8.55. The van der Waals surface area contributed by atoms with Crippen molar-refractivity contribution in [3.8, 4) is 5.75 Å². The Morgan fingerprint density at radius 2 is 1.84 bits per heavy atom. The number of amides is 3. The molecule has 3 N–H and O–H groups in total. The van der Waals surface area contributed by atoms with Gasteiger partial charge in [0.2, 0.25) is 0 Å². The molecule has 10 heteroatoms. The van der Waals surface area contributed by atoms with Crippen LogP contribution in [-0.4, -0.2) is 37.1 Å². The molecule has 0 aliphatic heterocycles. The van der Waals surface area contributed by atoms with Gasteiger partial charge in [0.05, 0.1) is 6.21 Å². The van der Waals surface area contributed by atoms with Gasteiger partial charge < -0.3 is 15.4 Å². The maximum absolute atomic E-state index is 12.9. The molecule has 0 spiro atoms. The topological polar surface area (TPSA) is 109 Å². The molecular formula is C21H22BrFN4O4.